The summed E-state index contributed by atoms with van der Waals surface area (Å²) in [5.74, 6) is 10.2. The van der Waals surface area contributed by atoms with Crippen LogP contribution in [0.15, 0.2) is 24.3 Å². The summed E-state index contributed by atoms with van der Waals surface area (Å²) in [6.07, 6.45) is 3.42. The number of thioether (sulfide) groups is 2. The van der Waals surface area contributed by atoms with Crippen LogP contribution in [-0.4, -0.2) is 18.6 Å². The summed E-state index contributed by atoms with van der Waals surface area (Å²) in [6, 6.07) is 8.37. The van der Waals surface area contributed by atoms with E-state index in [-0.39, 0.29) is 4.08 Å². The van der Waals surface area contributed by atoms with E-state index in [1.807, 2.05) is 35.7 Å². The Labute approximate surface area is 124 Å². The Bertz CT molecular complexity index is 450. The van der Waals surface area contributed by atoms with Gasteiger partial charge in [-0.05, 0) is 24.1 Å². The maximum Gasteiger partial charge on any atom is 0.147 e. The molecule has 0 atom stereocenters. The van der Waals surface area contributed by atoms with Gasteiger partial charge in [-0.1, -0.05) is 31.4 Å². The van der Waals surface area contributed by atoms with Gasteiger partial charge in [0.25, 0.3) is 0 Å². The van der Waals surface area contributed by atoms with Crippen LogP contribution >= 0.6 is 23.5 Å². The first-order chi connectivity index (χ1) is 9.30. The van der Waals surface area contributed by atoms with Crippen LogP contribution in [0, 0.1) is 11.8 Å². The highest BCUT2D eigenvalue weighted by molar-refractivity contribution is 8.20. The molecule has 0 radical (unpaired) electrons. The molecule has 0 aromatic heterocycles. The van der Waals surface area contributed by atoms with Crippen LogP contribution in [0.3, 0.4) is 0 Å². The summed E-state index contributed by atoms with van der Waals surface area (Å²) in [5, 5.41) is 0. The van der Waals surface area contributed by atoms with Crippen molar-refractivity contribution in [2.24, 2.45) is 0 Å². The van der Waals surface area contributed by atoms with Crippen molar-refractivity contribution < 1.29 is 4.74 Å². The largest absolute Gasteiger partial charge is 0.497 e. The van der Waals surface area contributed by atoms with E-state index in [0.717, 1.165) is 12.2 Å². The van der Waals surface area contributed by atoms with Crippen molar-refractivity contribution >= 4 is 23.5 Å². The molecule has 1 aromatic rings. The number of unbranched alkanes of at least 4 members (excludes halogenated alkanes) is 2. The molecule has 0 spiro atoms. The minimum absolute atomic E-state index is 0.0555. The monoisotopic (exact) mass is 292 g/mol. The molecule has 0 N–H and O–H groups in total. The molecule has 0 unspecified atom stereocenters. The first-order valence-electron chi connectivity index (χ1n) is 6.73. The van der Waals surface area contributed by atoms with Crippen molar-refractivity contribution in [1.82, 2.24) is 0 Å². The van der Waals surface area contributed by atoms with Gasteiger partial charge >= 0.3 is 0 Å². The molecule has 102 valence electrons. The molecule has 2 rings (SSSR count). The van der Waals surface area contributed by atoms with Gasteiger partial charge in [0.1, 0.15) is 9.83 Å². The summed E-state index contributed by atoms with van der Waals surface area (Å²) < 4.78 is 5.17. The third-order valence-electron chi connectivity index (χ3n) is 3.07. The predicted octanol–water partition coefficient (Wildman–Crippen LogP) is 4.52. The second kappa shape index (κ2) is 7.17. The maximum atomic E-state index is 5.23. The van der Waals surface area contributed by atoms with E-state index in [9.17, 15) is 0 Å². The third-order valence-corrected chi connectivity index (χ3v) is 6.34. The first kappa shape index (κ1) is 14.7. The Morgan fingerprint density at radius 3 is 2.47 bits per heavy atom. The molecule has 1 heterocycles. The Kier molecular flexibility index (Phi) is 5.54. The fraction of sp³-hybridized carbons (Fsp3) is 0.500. The normalized spacial score (nSPS) is 16.7. The van der Waals surface area contributed by atoms with Crippen molar-refractivity contribution in [2.45, 2.75) is 30.3 Å². The lowest BCUT2D eigenvalue weighted by Gasteiger charge is -2.21. The molecule has 1 saturated heterocycles. The Hall–Kier alpha value is -0.720. The zero-order valence-corrected chi connectivity index (χ0v) is 13.2. The van der Waals surface area contributed by atoms with Crippen molar-refractivity contribution in [3.8, 4) is 17.6 Å². The molecule has 0 saturated carbocycles. The van der Waals surface area contributed by atoms with Crippen LogP contribution in [-0.2, 0) is 4.08 Å². The topological polar surface area (TPSA) is 9.23 Å². The van der Waals surface area contributed by atoms with Crippen molar-refractivity contribution in [3.05, 3.63) is 29.8 Å². The summed E-state index contributed by atoms with van der Waals surface area (Å²) >= 11 is 3.93. The fourth-order valence-corrected chi connectivity index (χ4v) is 4.95. The van der Waals surface area contributed by atoms with Crippen molar-refractivity contribution in [1.29, 1.82) is 0 Å². The molecule has 1 nitrogen and oxygen atoms in total. The number of hydrogen-bond donors (Lipinski definition) is 0. The fourth-order valence-electron chi connectivity index (χ4n) is 1.98. The quantitative estimate of drug-likeness (QED) is 0.596. The lowest BCUT2D eigenvalue weighted by molar-refractivity contribution is 0.414. The Morgan fingerprint density at radius 2 is 1.89 bits per heavy atom. The van der Waals surface area contributed by atoms with Gasteiger partial charge in [-0.3, -0.25) is 0 Å². The number of methoxy groups -OCH3 is 1. The highest BCUT2D eigenvalue weighted by atomic mass is 32.2. The summed E-state index contributed by atoms with van der Waals surface area (Å²) in [5.41, 5.74) is 1.30. The van der Waals surface area contributed by atoms with E-state index < -0.39 is 0 Å². The number of benzene rings is 1. The zero-order valence-electron chi connectivity index (χ0n) is 11.6. The van der Waals surface area contributed by atoms with Crippen LogP contribution in [0.4, 0.5) is 0 Å². The second-order valence-corrected chi connectivity index (χ2v) is 7.32. The van der Waals surface area contributed by atoms with Gasteiger partial charge in [0.2, 0.25) is 0 Å². The lowest BCUT2D eigenvalue weighted by Crippen LogP contribution is -2.11. The first-order valence-corrected chi connectivity index (χ1v) is 8.70. The van der Waals surface area contributed by atoms with Crippen LogP contribution in [0.1, 0.15) is 31.7 Å². The molecule has 1 aliphatic heterocycles. The zero-order chi connectivity index (χ0) is 13.6. The summed E-state index contributed by atoms with van der Waals surface area (Å²) in [6.45, 7) is 2.21. The smallest absolute Gasteiger partial charge is 0.147 e. The van der Waals surface area contributed by atoms with Crippen LogP contribution in [0.5, 0.6) is 5.75 Å². The molecule has 1 aliphatic rings. The van der Waals surface area contributed by atoms with E-state index in [4.69, 9.17) is 4.74 Å². The molecule has 0 aliphatic carbocycles. The number of ether oxygens (including phenoxy) is 1. The van der Waals surface area contributed by atoms with Crippen LogP contribution in [0.25, 0.3) is 0 Å². The van der Waals surface area contributed by atoms with Gasteiger partial charge in [0.05, 0.1) is 7.11 Å². The highest BCUT2D eigenvalue weighted by Gasteiger charge is 2.35. The van der Waals surface area contributed by atoms with Gasteiger partial charge in [-0.25, -0.2) is 0 Å². The summed E-state index contributed by atoms with van der Waals surface area (Å²) in [7, 11) is 1.70. The van der Waals surface area contributed by atoms with Gasteiger partial charge < -0.3 is 4.74 Å². The van der Waals surface area contributed by atoms with E-state index in [0.29, 0.717) is 0 Å². The van der Waals surface area contributed by atoms with Crippen molar-refractivity contribution in [3.63, 3.8) is 0 Å². The van der Waals surface area contributed by atoms with Gasteiger partial charge in [0.15, 0.2) is 0 Å². The van der Waals surface area contributed by atoms with E-state index in [2.05, 4.69) is 30.9 Å². The van der Waals surface area contributed by atoms with Gasteiger partial charge in [0, 0.05) is 17.9 Å². The third kappa shape index (κ3) is 3.64. The Balaban J connectivity index is 2.19. The Morgan fingerprint density at radius 1 is 1.21 bits per heavy atom. The molecule has 0 bridgehead atoms. The number of rotatable bonds is 4. The van der Waals surface area contributed by atoms with Crippen LogP contribution in [0.2, 0.25) is 0 Å². The van der Waals surface area contributed by atoms with Crippen LogP contribution < -0.4 is 4.74 Å². The predicted molar refractivity (Wildman–Crippen MR) is 86.9 cm³/mol. The molecular formula is C16H20OS2. The second-order valence-electron chi connectivity index (χ2n) is 4.45. The number of hydrogen-bond acceptors (Lipinski definition) is 3. The maximum absolute atomic E-state index is 5.23. The average molecular weight is 292 g/mol. The highest BCUT2D eigenvalue weighted by Crippen LogP contribution is 2.51. The minimum atomic E-state index is -0.0555. The van der Waals surface area contributed by atoms with E-state index in [1.165, 1.54) is 29.9 Å². The van der Waals surface area contributed by atoms with E-state index in [1.54, 1.807) is 7.11 Å². The van der Waals surface area contributed by atoms with Gasteiger partial charge in [-0.2, -0.15) is 0 Å². The standard InChI is InChI=1S/C16H20OS2/c1-3-4-5-6-11-16(18-12-13-19-16)14-7-9-15(17-2)10-8-14/h7-10H,3-5,12-13H2,1-2H3. The SMILES string of the molecule is CCCCC#CC1(c2ccc(OC)cc2)SCCS1. The molecule has 3 heteroatoms. The molecule has 1 aromatic carbocycles. The van der Waals surface area contributed by atoms with Gasteiger partial charge in [-0.15, -0.1) is 29.4 Å². The lowest BCUT2D eigenvalue weighted by atomic mass is 10.1. The molecular weight excluding hydrogens is 272 g/mol. The average Bonchev–Trinajstić information content (AvgIpc) is 2.94. The molecule has 0 amide bonds. The molecule has 1 fully saturated rings. The van der Waals surface area contributed by atoms with E-state index >= 15 is 0 Å². The minimum Gasteiger partial charge on any atom is -0.497 e. The summed E-state index contributed by atoms with van der Waals surface area (Å²) in [4.78, 5) is 0. The molecule has 19 heavy (non-hydrogen) atoms. The van der Waals surface area contributed by atoms with Crippen molar-refractivity contribution in [2.75, 3.05) is 18.6 Å².